The number of likely N-dealkylation sites (tertiary alicyclic amines) is 1. The van der Waals surface area contributed by atoms with Crippen molar-refractivity contribution in [3.05, 3.63) is 76.9 Å². The van der Waals surface area contributed by atoms with Crippen molar-refractivity contribution in [3.63, 3.8) is 0 Å². The van der Waals surface area contributed by atoms with Crippen LogP contribution in [-0.2, 0) is 12.0 Å². The number of halogens is 3. The second-order valence-electron chi connectivity index (χ2n) is 7.50. The normalized spacial score (nSPS) is 16.1. The predicted molar refractivity (Wildman–Crippen MR) is 128 cm³/mol. The lowest BCUT2D eigenvalue weighted by Gasteiger charge is -2.38. The Balaban J connectivity index is 0.00000140. The molecule has 6 heteroatoms. The largest absolute Gasteiger partial charge is 0.299 e. The molecule has 1 aromatic heterocycles. The fourth-order valence-electron chi connectivity index (χ4n) is 3.71. The lowest BCUT2D eigenvalue weighted by molar-refractivity contribution is 0.159. The number of piperidine rings is 1. The monoisotopic (exact) mass is 525 g/mol. The fraction of sp³-hybridized carbons (Fsp3) is 0.318. The van der Waals surface area contributed by atoms with Crippen LogP contribution in [0.2, 0.25) is 5.02 Å². The topological polar surface area (TPSA) is 31.9 Å². The van der Waals surface area contributed by atoms with E-state index in [1.54, 1.807) is 0 Å². The molecule has 1 fully saturated rings. The zero-order valence-corrected chi connectivity index (χ0v) is 20.1. The highest BCUT2D eigenvalue weighted by molar-refractivity contribution is 8.93. The summed E-state index contributed by atoms with van der Waals surface area (Å²) >= 11 is 5.99. The summed E-state index contributed by atoms with van der Waals surface area (Å²) in [5, 5.41) is 8.61. The van der Waals surface area contributed by atoms with Crippen LogP contribution in [0.5, 0.6) is 0 Å². The van der Waals surface area contributed by atoms with Gasteiger partial charge in [-0.3, -0.25) is 10.00 Å². The summed E-state index contributed by atoms with van der Waals surface area (Å²) in [5.41, 5.74) is 4.87. The summed E-state index contributed by atoms with van der Waals surface area (Å²) < 4.78 is 0. The number of rotatable bonds is 4. The number of benzene rings is 2. The second-order valence-corrected chi connectivity index (χ2v) is 7.93. The van der Waals surface area contributed by atoms with Gasteiger partial charge in [-0.1, -0.05) is 61.0 Å². The Morgan fingerprint density at radius 2 is 1.64 bits per heavy atom. The molecule has 1 aliphatic heterocycles. The van der Waals surface area contributed by atoms with Gasteiger partial charge in [-0.15, -0.1) is 34.0 Å². The van der Waals surface area contributed by atoms with E-state index < -0.39 is 0 Å². The van der Waals surface area contributed by atoms with Gasteiger partial charge in [-0.2, -0.15) is 5.10 Å². The molecule has 150 valence electrons. The molecule has 0 aliphatic carbocycles. The standard InChI is InChI=1S/C22H24ClN3.2BrH/c1-22(11-13-26(14-12-22)16-17-5-3-2-4-6-17)21-15-20(24-25-21)18-7-9-19(23)10-8-18;;/h2-10,15H,11-14,16H2,1H3,(H,24,25);2*1H. The average Bonchev–Trinajstić information content (AvgIpc) is 3.16. The van der Waals surface area contributed by atoms with Crippen LogP contribution >= 0.6 is 45.6 Å². The lowest BCUT2D eigenvalue weighted by Crippen LogP contribution is -2.40. The molecule has 1 N–H and O–H groups in total. The highest BCUT2D eigenvalue weighted by Crippen LogP contribution is 2.36. The van der Waals surface area contributed by atoms with Crippen molar-refractivity contribution in [2.75, 3.05) is 13.1 Å². The maximum Gasteiger partial charge on any atom is 0.0688 e. The molecule has 2 aromatic carbocycles. The van der Waals surface area contributed by atoms with Gasteiger partial charge < -0.3 is 0 Å². The lowest BCUT2D eigenvalue weighted by atomic mass is 9.77. The minimum atomic E-state index is 0. The van der Waals surface area contributed by atoms with E-state index >= 15 is 0 Å². The van der Waals surface area contributed by atoms with E-state index in [9.17, 15) is 0 Å². The zero-order valence-electron chi connectivity index (χ0n) is 15.9. The molecule has 2 heterocycles. The van der Waals surface area contributed by atoms with Gasteiger partial charge in [0.25, 0.3) is 0 Å². The van der Waals surface area contributed by atoms with E-state index in [4.69, 9.17) is 11.6 Å². The van der Waals surface area contributed by atoms with Gasteiger partial charge in [-0.05, 0) is 55.3 Å². The van der Waals surface area contributed by atoms with Crippen molar-refractivity contribution >= 4 is 45.6 Å². The first-order valence-electron chi connectivity index (χ1n) is 9.20. The molecular formula is C22H26Br2ClN3. The number of hydrogen-bond acceptors (Lipinski definition) is 2. The van der Waals surface area contributed by atoms with Gasteiger partial charge in [0.1, 0.15) is 0 Å². The quantitative estimate of drug-likeness (QED) is 0.424. The van der Waals surface area contributed by atoms with Crippen LogP contribution in [0.4, 0.5) is 0 Å². The molecule has 0 radical (unpaired) electrons. The number of aromatic nitrogens is 2. The van der Waals surface area contributed by atoms with Crippen LogP contribution in [-0.4, -0.2) is 28.2 Å². The molecule has 0 saturated carbocycles. The molecule has 1 aliphatic rings. The van der Waals surface area contributed by atoms with Crippen LogP contribution in [0.3, 0.4) is 0 Å². The van der Waals surface area contributed by atoms with Crippen LogP contribution in [0, 0.1) is 0 Å². The van der Waals surface area contributed by atoms with Crippen LogP contribution in [0.1, 0.15) is 31.0 Å². The third kappa shape index (κ3) is 5.26. The van der Waals surface area contributed by atoms with Crippen molar-refractivity contribution in [1.29, 1.82) is 0 Å². The smallest absolute Gasteiger partial charge is 0.0688 e. The maximum absolute atomic E-state index is 5.99. The van der Waals surface area contributed by atoms with Gasteiger partial charge in [0.2, 0.25) is 0 Å². The summed E-state index contributed by atoms with van der Waals surface area (Å²) in [6.07, 6.45) is 2.26. The van der Waals surface area contributed by atoms with Gasteiger partial charge in [-0.25, -0.2) is 0 Å². The van der Waals surface area contributed by atoms with E-state index in [1.165, 1.54) is 11.3 Å². The number of hydrogen-bond donors (Lipinski definition) is 1. The van der Waals surface area contributed by atoms with Crippen LogP contribution in [0.15, 0.2) is 60.7 Å². The highest BCUT2D eigenvalue weighted by atomic mass is 79.9. The first kappa shape index (κ1) is 23.1. The number of nitrogens with one attached hydrogen (secondary N) is 1. The summed E-state index contributed by atoms with van der Waals surface area (Å²) in [7, 11) is 0. The van der Waals surface area contributed by atoms with Crippen molar-refractivity contribution in [2.24, 2.45) is 0 Å². The summed E-state index contributed by atoms with van der Waals surface area (Å²) in [6.45, 7) is 5.59. The SMILES string of the molecule is Br.Br.CC1(c2cc(-c3ccc(Cl)cc3)[nH]n2)CCN(Cc2ccccc2)CC1. The summed E-state index contributed by atoms with van der Waals surface area (Å²) in [6, 6.07) is 20.8. The molecule has 0 amide bonds. The third-order valence-corrected chi connectivity index (χ3v) is 5.81. The molecule has 28 heavy (non-hydrogen) atoms. The maximum atomic E-state index is 5.99. The van der Waals surface area contributed by atoms with Crippen LogP contribution < -0.4 is 0 Å². The van der Waals surface area contributed by atoms with Crippen molar-refractivity contribution in [3.8, 4) is 11.3 Å². The highest BCUT2D eigenvalue weighted by Gasteiger charge is 2.33. The van der Waals surface area contributed by atoms with Crippen LogP contribution in [0.25, 0.3) is 11.3 Å². The predicted octanol–water partition coefficient (Wildman–Crippen LogP) is 6.44. The van der Waals surface area contributed by atoms with Crippen molar-refractivity contribution in [2.45, 2.75) is 31.7 Å². The Morgan fingerprint density at radius 3 is 2.29 bits per heavy atom. The van der Waals surface area contributed by atoms with Gasteiger partial charge >= 0.3 is 0 Å². The summed E-state index contributed by atoms with van der Waals surface area (Å²) in [4.78, 5) is 2.55. The summed E-state index contributed by atoms with van der Waals surface area (Å²) in [5.74, 6) is 0. The second kappa shape index (κ2) is 10.1. The van der Waals surface area contributed by atoms with E-state index in [0.29, 0.717) is 0 Å². The van der Waals surface area contributed by atoms with Crippen molar-refractivity contribution in [1.82, 2.24) is 15.1 Å². The third-order valence-electron chi connectivity index (χ3n) is 5.56. The molecule has 0 atom stereocenters. The Morgan fingerprint density at radius 1 is 1.00 bits per heavy atom. The van der Waals surface area contributed by atoms with E-state index in [1.807, 2.05) is 24.3 Å². The minimum absolute atomic E-state index is 0. The first-order valence-corrected chi connectivity index (χ1v) is 9.58. The number of nitrogens with zero attached hydrogens (tertiary/aromatic N) is 2. The Labute approximate surface area is 193 Å². The molecule has 3 aromatic rings. The fourth-order valence-corrected chi connectivity index (χ4v) is 3.84. The van der Waals surface area contributed by atoms with E-state index in [2.05, 4.69) is 58.4 Å². The Bertz CT molecular complexity index is 857. The average molecular weight is 528 g/mol. The van der Waals surface area contributed by atoms with E-state index in [0.717, 1.165) is 48.8 Å². The molecule has 3 nitrogen and oxygen atoms in total. The van der Waals surface area contributed by atoms with Gasteiger partial charge in [0.05, 0.1) is 11.4 Å². The number of H-pyrrole nitrogens is 1. The molecule has 0 unspecified atom stereocenters. The van der Waals surface area contributed by atoms with Gasteiger partial charge in [0.15, 0.2) is 0 Å². The van der Waals surface area contributed by atoms with Crippen molar-refractivity contribution < 1.29 is 0 Å². The Hall–Kier alpha value is -1.14. The molecule has 0 bridgehead atoms. The molecule has 4 rings (SSSR count). The number of aromatic amines is 1. The van der Waals surface area contributed by atoms with Gasteiger partial charge in [0, 0.05) is 17.0 Å². The molecule has 0 spiro atoms. The zero-order chi connectivity index (χ0) is 18.0. The van der Waals surface area contributed by atoms with E-state index in [-0.39, 0.29) is 39.4 Å². The first-order chi connectivity index (χ1) is 12.6. The molecule has 1 saturated heterocycles. The minimum Gasteiger partial charge on any atom is -0.299 e. The molecular weight excluding hydrogens is 502 g/mol. The Kier molecular flexibility index (Phi) is 8.31.